The number of hydrogen-bond acceptors (Lipinski definition) is 4. The summed E-state index contributed by atoms with van der Waals surface area (Å²) < 4.78 is 0. The lowest BCUT2D eigenvalue weighted by Gasteiger charge is -1.76. The van der Waals surface area contributed by atoms with E-state index in [1.165, 1.54) is 0 Å². The van der Waals surface area contributed by atoms with Crippen LogP contribution >= 0.6 is 12.1 Å². The molecule has 4 heteroatoms. The van der Waals surface area contributed by atoms with Gasteiger partial charge in [0, 0.05) is 12.1 Å². The molecule has 0 aromatic carbocycles. The Hall–Kier alpha value is 0.230. The van der Waals surface area contributed by atoms with E-state index in [0.29, 0.717) is 0 Å². The van der Waals surface area contributed by atoms with Gasteiger partial charge in [-0.3, -0.25) is 11.0 Å². The van der Waals surface area contributed by atoms with Crippen molar-refractivity contribution < 1.29 is 0 Å². The van der Waals surface area contributed by atoms with Crippen LogP contribution in [-0.4, -0.2) is 0 Å². The van der Waals surface area contributed by atoms with Crippen molar-refractivity contribution in [3.63, 3.8) is 0 Å². The second-order valence-electron chi connectivity index (χ2n) is 0.236. The molecule has 0 bridgehead atoms. The van der Waals surface area contributed by atoms with Crippen LogP contribution in [0.5, 0.6) is 0 Å². The fourth-order valence-electron chi connectivity index (χ4n) is 0. The van der Waals surface area contributed by atoms with Crippen molar-refractivity contribution >= 4 is 12.1 Å². The first kappa shape index (κ1) is 4.23. The number of hydrazine groups is 1. The third-order valence-corrected chi connectivity index (χ3v) is 0.204. The molecule has 0 radical (unpaired) electrons. The molecule has 0 amide bonds. The minimum absolute atomic E-state index is 0.884. The van der Waals surface area contributed by atoms with Gasteiger partial charge in [0.2, 0.25) is 0 Å². The van der Waals surface area contributed by atoms with E-state index in [1.54, 1.807) is 0 Å². The molecule has 3 nitrogen and oxygen atoms in total. The number of hydrogen-bond donors (Lipinski definition) is 3. The second-order valence-corrected chi connectivity index (χ2v) is 0.707. The molecule has 0 aliphatic rings. The van der Waals surface area contributed by atoms with Crippen LogP contribution in [0, 0.1) is 0 Å². The van der Waals surface area contributed by atoms with Crippen molar-refractivity contribution in [3.8, 4) is 0 Å². The van der Waals surface area contributed by atoms with Crippen LogP contribution < -0.4 is 15.8 Å². The van der Waals surface area contributed by atoms with Gasteiger partial charge in [0.1, 0.15) is 0 Å². The molecule has 4 heavy (non-hydrogen) atoms. The van der Waals surface area contributed by atoms with E-state index >= 15 is 0 Å². The Bertz CT molecular complexity index is 5.25. The van der Waals surface area contributed by atoms with Crippen molar-refractivity contribution in [3.05, 3.63) is 0 Å². The molecule has 0 aliphatic heterocycles. The van der Waals surface area contributed by atoms with Crippen molar-refractivity contribution in [1.29, 1.82) is 0 Å². The SMILES string of the molecule is NNSN. The summed E-state index contributed by atoms with van der Waals surface area (Å²) in [7, 11) is 0. The molecule has 0 aromatic rings. The van der Waals surface area contributed by atoms with Gasteiger partial charge in [0.15, 0.2) is 0 Å². The summed E-state index contributed by atoms with van der Waals surface area (Å²) in [6.07, 6.45) is 0. The molecule has 0 heterocycles. The van der Waals surface area contributed by atoms with Gasteiger partial charge in [-0.05, 0) is 0 Å². The summed E-state index contributed by atoms with van der Waals surface area (Å²) in [5, 5.41) is 4.71. The fourth-order valence-corrected chi connectivity index (χ4v) is 0. The lowest BCUT2D eigenvalue weighted by atomic mass is 13.0. The smallest absolute Gasteiger partial charge is 0.0151 e. The summed E-state index contributed by atoms with van der Waals surface area (Å²) in [5.74, 6) is 4.62. The summed E-state index contributed by atoms with van der Waals surface area (Å²) >= 11 is 0.884. The van der Waals surface area contributed by atoms with Gasteiger partial charge in [0.25, 0.3) is 0 Å². The Morgan fingerprint density at radius 2 is 2.00 bits per heavy atom. The van der Waals surface area contributed by atoms with E-state index in [2.05, 4.69) is 10.7 Å². The maximum atomic E-state index is 4.71. The molecule has 0 saturated heterocycles. The maximum absolute atomic E-state index is 4.71. The third kappa shape index (κ3) is 2.23. The average molecular weight is 79.1 g/mol. The Balaban J connectivity index is 1.97. The van der Waals surface area contributed by atoms with Crippen molar-refractivity contribution in [1.82, 2.24) is 4.83 Å². The van der Waals surface area contributed by atoms with Gasteiger partial charge in [-0.25, -0.2) is 0 Å². The highest BCUT2D eigenvalue weighted by molar-refractivity contribution is 7.95. The molecule has 0 spiro atoms. The van der Waals surface area contributed by atoms with Crippen LogP contribution in [0.3, 0.4) is 0 Å². The molecular formula is H5N3S. The molecule has 0 unspecified atom stereocenters. The highest BCUT2D eigenvalue weighted by Crippen LogP contribution is 1.57. The third-order valence-electron chi connectivity index (χ3n) is 0.0680. The van der Waals surface area contributed by atoms with Crippen molar-refractivity contribution in [2.45, 2.75) is 0 Å². The quantitative estimate of drug-likeness (QED) is 0.214. The summed E-state index contributed by atoms with van der Waals surface area (Å²) in [4.78, 5) is 2.12. The van der Waals surface area contributed by atoms with Crippen molar-refractivity contribution in [2.24, 2.45) is 11.0 Å². The van der Waals surface area contributed by atoms with E-state index in [1.807, 2.05) is 0 Å². The van der Waals surface area contributed by atoms with Crippen LogP contribution in [0.15, 0.2) is 0 Å². The molecule has 0 saturated carbocycles. The van der Waals surface area contributed by atoms with Gasteiger partial charge in [-0.1, -0.05) is 0 Å². The lowest BCUT2D eigenvalue weighted by Crippen LogP contribution is -2.13. The first-order valence-corrected chi connectivity index (χ1v) is 1.61. The van der Waals surface area contributed by atoms with E-state index in [4.69, 9.17) is 5.14 Å². The number of nitrogens with two attached hydrogens (primary N) is 2. The summed E-state index contributed by atoms with van der Waals surface area (Å²) in [6, 6.07) is 0. The van der Waals surface area contributed by atoms with Crippen LogP contribution in [0.2, 0.25) is 0 Å². The Morgan fingerprint density at radius 3 is 2.00 bits per heavy atom. The van der Waals surface area contributed by atoms with Crippen LogP contribution in [-0.2, 0) is 0 Å². The first-order chi connectivity index (χ1) is 1.91. The van der Waals surface area contributed by atoms with E-state index in [9.17, 15) is 0 Å². The van der Waals surface area contributed by atoms with Crippen LogP contribution in [0.25, 0.3) is 0 Å². The molecule has 0 aromatic heterocycles. The van der Waals surface area contributed by atoms with E-state index in [0.717, 1.165) is 12.1 Å². The lowest BCUT2D eigenvalue weighted by molar-refractivity contribution is 1.12. The molecule has 5 N–H and O–H groups in total. The van der Waals surface area contributed by atoms with E-state index in [-0.39, 0.29) is 0 Å². The topological polar surface area (TPSA) is 64.1 Å². The second kappa shape index (κ2) is 3.23. The summed E-state index contributed by atoms with van der Waals surface area (Å²) in [5.41, 5.74) is 0. The van der Waals surface area contributed by atoms with Gasteiger partial charge in [0.05, 0.1) is 0 Å². The minimum atomic E-state index is 0.884. The van der Waals surface area contributed by atoms with E-state index < -0.39 is 0 Å². The predicted octanol–water partition coefficient (Wildman–Crippen LogP) is -1.03. The van der Waals surface area contributed by atoms with Gasteiger partial charge >= 0.3 is 0 Å². The monoisotopic (exact) mass is 79.0 g/mol. The van der Waals surface area contributed by atoms with Gasteiger partial charge < -0.3 is 0 Å². The van der Waals surface area contributed by atoms with Crippen LogP contribution in [0.4, 0.5) is 0 Å². The van der Waals surface area contributed by atoms with Crippen molar-refractivity contribution in [2.75, 3.05) is 0 Å². The highest BCUT2D eigenvalue weighted by atomic mass is 32.2. The van der Waals surface area contributed by atoms with Gasteiger partial charge in [-0.2, -0.15) is 4.83 Å². The Kier molecular flexibility index (Phi) is 3.42. The standard InChI is InChI=1S/H5N3S/c1-3-4-2/h3H,1-2H2. The predicted molar refractivity (Wildman–Crippen MR) is 19.1 cm³/mol. The number of nitrogens with one attached hydrogen (secondary N) is 1. The fraction of sp³-hybridized carbons (Fsp3) is 0. The molecule has 0 aliphatic carbocycles. The Labute approximate surface area is 29.0 Å². The normalized spacial score (nSPS) is 7.50. The molecular weight excluding hydrogens is 74.1 g/mol. The first-order valence-electron chi connectivity index (χ1n) is 0.729. The zero-order valence-electron chi connectivity index (χ0n) is 2.06. The number of rotatable bonds is 1. The van der Waals surface area contributed by atoms with Crippen LogP contribution in [0.1, 0.15) is 0 Å². The molecule has 26 valence electrons. The minimum Gasteiger partial charge on any atom is -0.263 e. The molecule has 0 fully saturated rings. The Morgan fingerprint density at radius 1 is 1.75 bits per heavy atom. The molecule has 0 rings (SSSR count). The largest absolute Gasteiger partial charge is 0.263 e. The van der Waals surface area contributed by atoms with Gasteiger partial charge in [-0.15, -0.1) is 0 Å². The molecule has 0 atom stereocenters. The zero-order chi connectivity index (χ0) is 3.41. The maximum Gasteiger partial charge on any atom is 0.0151 e. The highest BCUT2D eigenvalue weighted by Gasteiger charge is 1.49. The zero-order valence-corrected chi connectivity index (χ0v) is 2.88. The average Bonchev–Trinajstić information content (AvgIpc) is 1.37. The summed E-state index contributed by atoms with van der Waals surface area (Å²) in [6.45, 7) is 0.